The Bertz CT molecular complexity index is 511. The standard InChI is InChI=1S/C17H28N4S/c1-11-12(2)22-16(20-11)10-19-17(18-3)21-15-9-14(15)13-7-5-4-6-8-13/h13-15H,4-10H2,1-3H3,(H2,18,19,21). The zero-order valence-corrected chi connectivity index (χ0v) is 14.8. The Morgan fingerprint density at radius 2 is 2.05 bits per heavy atom. The first kappa shape index (κ1) is 15.8. The van der Waals surface area contributed by atoms with E-state index in [0.717, 1.165) is 35.0 Å². The first-order chi connectivity index (χ1) is 10.7. The average molecular weight is 321 g/mol. The van der Waals surface area contributed by atoms with Gasteiger partial charge >= 0.3 is 0 Å². The Morgan fingerprint density at radius 3 is 2.68 bits per heavy atom. The van der Waals surface area contributed by atoms with E-state index in [4.69, 9.17) is 0 Å². The van der Waals surface area contributed by atoms with E-state index >= 15 is 0 Å². The molecule has 0 radical (unpaired) electrons. The van der Waals surface area contributed by atoms with Gasteiger partial charge in [-0.05, 0) is 32.1 Å². The molecular formula is C17H28N4S. The Balaban J connectivity index is 1.45. The molecule has 0 saturated heterocycles. The van der Waals surface area contributed by atoms with Crippen LogP contribution in [0.3, 0.4) is 0 Å². The smallest absolute Gasteiger partial charge is 0.191 e. The van der Waals surface area contributed by atoms with Crippen molar-refractivity contribution in [3.63, 3.8) is 0 Å². The predicted molar refractivity (Wildman–Crippen MR) is 93.4 cm³/mol. The minimum Gasteiger partial charge on any atom is -0.353 e. The van der Waals surface area contributed by atoms with E-state index in [9.17, 15) is 0 Å². The SMILES string of the molecule is CN=C(NCc1nc(C)c(C)s1)NC1CC1C1CCCCC1. The van der Waals surface area contributed by atoms with Gasteiger partial charge in [0.15, 0.2) is 5.96 Å². The minimum atomic E-state index is 0.633. The molecule has 3 rings (SSSR count). The molecule has 2 saturated carbocycles. The number of aliphatic imine (C=N–C) groups is 1. The maximum Gasteiger partial charge on any atom is 0.191 e. The molecule has 2 atom stereocenters. The van der Waals surface area contributed by atoms with Crippen LogP contribution in [0, 0.1) is 25.7 Å². The summed E-state index contributed by atoms with van der Waals surface area (Å²) in [5.74, 6) is 2.76. The molecule has 2 fully saturated rings. The largest absolute Gasteiger partial charge is 0.353 e. The highest BCUT2D eigenvalue weighted by Crippen LogP contribution is 2.44. The summed E-state index contributed by atoms with van der Waals surface area (Å²) in [6.07, 6.45) is 8.50. The molecule has 2 aliphatic rings. The van der Waals surface area contributed by atoms with Crippen LogP contribution >= 0.6 is 11.3 Å². The van der Waals surface area contributed by atoms with Gasteiger partial charge in [0.1, 0.15) is 5.01 Å². The van der Waals surface area contributed by atoms with Crippen LogP contribution < -0.4 is 10.6 Å². The Hall–Kier alpha value is -1.10. The highest BCUT2D eigenvalue weighted by molar-refractivity contribution is 7.11. The van der Waals surface area contributed by atoms with E-state index < -0.39 is 0 Å². The third-order valence-electron chi connectivity index (χ3n) is 5.12. The highest BCUT2D eigenvalue weighted by Gasteiger charge is 2.43. The van der Waals surface area contributed by atoms with Gasteiger partial charge in [0.05, 0.1) is 12.2 Å². The van der Waals surface area contributed by atoms with Crippen LogP contribution in [0.2, 0.25) is 0 Å². The van der Waals surface area contributed by atoms with Crippen molar-refractivity contribution in [3.05, 3.63) is 15.6 Å². The van der Waals surface area contributed by atoms with Gasteiger partial charge in [-0.25, -0.2) is 4.98 Å². The van der Waals surface area contributed by atoms with Crippen LogP contribution in [0.5, 0.6) is 0 Å². The third kappa shape index (κ3) is 3.80. The van der Waals surface area contributed by atoms with Gasteiger partial charge in [-0.3, -0.25) is 4.99 Å². The van der Waals surface area contributed by atoms with Crippen LogP contribution in [0.1, 0.15) is 54.1 Å². The summed E-state index contributed by atoms with van der Waals surface area (Å²) in [5.41, 5.74) is 1.14. The second-order valence-corrected chi connectivity index (χ2v) is 8.01. The zero-order valence-electron chi connectivity index (χ0n) is 14.0. The molecule has 0 bridgehead atoms. The van der Waals surface area contributed by atoms with Crippen molar-refractivity contribution >= 4 is 17.3 Å². The Kier molecular flexibility index (Phi) is 5.01. The summed E-state index contributed by atoms with van der Waals surface area (Å²) in [6, 6.07) is 0.633. The number of nitrogens with one attached hydrogen (secondary N) is 2. The summed E-state index contributed by atoms with van der Waals surface area (Å²) in [5, 5.41) is 8.14. The lowest BCUT2D eigenvalue weighted by Crippen LogP contribution is -2.39. The van der Waals surface area contributed by atoms with Gasteiger partial charge in [0.2, 0.25) is 0 Å². The zero-order chi connectivity index (χ0) is 15.5. The highest BCUT2D eigenvalue weighted by atomic mass is 32.1. The number of aromatic nitrogens is 1. The quantitative estimate of drug-likeness (QED) is 0.660. The van der Waals surface area contributed by atoms with Gasteiger partial charge in [-0.15, -0.1) is 11.3 Å². The summed E-state index contributed by atoms with van der Waals surface area (Å²) < 4.78 is 0. The third-order valence-corrected chi connectivity index (χ3v) is 6.19. The van der Waals surface area contributed by atoms with E-state index in [0.29, 0.717) is 6.04 Å². The molecule has 0 aromatic carbocycles. The lowest BCUT2D eigenvalue weighted by molar-refractivity contribution is 0.315. The van der Waals surface area contributed by atoms with Gasteiger partial charge < -0.3 is 10.6 Å². The van der Waals surface area contributed by atoms with E-state index in [1.807, 2.05) is 7.05 Å². The van der Waals surface area contributed by atoms with Gasteiger partial charge in [0, 0.05) is 18.0 Å². The molecule has 4 nitrogen and oxygen atoms in total. The summed E-state index contributed by atoms with van der Waals surface area (Å²) >= 11 is 1.77. The lowest BCUT2D eigenvalue weighted by Gasteiger charge is -2.22. The van der Waals surface area contributed by atoms with Crippen LogP contribution in [0.4, 0.5) is 0 Å². The average Bonchev–Trinajstić information content (AvgIpc) is 3.23. The molecule has 122 valence electrons. The second-order valence-electron chi connectivity index (χ2n) is 6.72. The maximum absolute atomic E-state index is 4.57. The number of nitrogens with zero attached hydrogens (tertiary/aromatic N) is 2. The number of hydrogen-bond donors (Lipinski definition) is 2. The van der Waals surface area contributed by atoms with Crippen LogP contribution in [-0.4, -0.2) is 24.0 Å². The van der Waals surface area contributed by atoms with Crippen LogP contribution in [-0.2, 0) is 6.54 Å². The number of rotatable bonds is 4. The summed E-state index contributed by atoms with van der Waals surface area (Å²) in [7, 11) is 1.85. The van der Waals surface area contributed by atoms with Crippen molar-refractivity contribution in [1.29, 1.82) is 0 Å². The number of guanidine groups is 1. The predicted octanol–water partition coefficient (Wildman–Crippen LogP) is 3.39. The fourth-order valence-corrected chi connectivity index (χ4v) is 4.48. The van der Waals surface area contributed by atoms with Crippen molar-refractivity contribution in [2.75, 3.05) is 7.05 Å². The monoisotopic (exact) mass is 320 g/mol. The Labute approximate surface area is 137 Å². The molecule has 2 aliphatic carbocycles. The number of aryl methyl sites for hydroxylation is 2. The second kappa shape index (κ2) is 6.99. The fraction of sp³-hybridized carbons (Fsp3) is 0.765. The molecule has 5 heteroatoms. The van der Waals surface area contributed by atoms with E-state index in [1.54, 1.807) is 11.3 Å². The van der Waals surface area contributed by atoms with Crippen molar-refractivity contribution in [3.8, 4) is 0 Å². The summed E-state index contributed by atoms with van der Waals surface area (Å²) in [4.78, 5) is 10.2. The fourth-order valence-electron chi connectivity index (χ4n) is 3.61. The van der Waals surface area contributed by atoms with E-state index in [-0.39, 0.29) is 0 Å². The Morgan fingerprint density at radius 1 is 1.27 bits per heavy atom. The normalized spacial score (nSPS) is 26.0. The molecule has 2 unspecified atom stereocenters. The minimum absolute atomic E-state index is 0.633. The molecule has 1 aromatic heterocycles. The maximum atomic E-state index is 4.57. The van der Waals surface area contributed by atoms with Crippen LogP contribution in [0.25, 0.3) is 0 Å². The molecular weight excluding hydrogens is 292 g/mol. The molecule has 1 aromatic rings. The first-order valence-corrected chi connectivity index (χ1v) is 9.39. The van der Waals surface area contributed by atoms with Crippen molar-refractivity contribution in [1.82, 2.24) is 15.6 Å². The topological polar surface area (TPSA) is 49.3 Å². The molecule has 0 aliphatic heterocycles. The number of hydrogen-bond acceptors (Lipinski definition) is 3. The lowest BCUT2D eigenvalue weighted by atomic mass is 9.85. The van der Waals surface area contributed by atoms with Gasteiger partial charge in [-0.1, -0.05) is 32.1 Å². The molecule has 22 heavy (non-hydrogen) atoms. The van der Waals surface area contributed by atoms with Crippen molar-refractivity contribution in [2.24, 2.45) is 16.8 Å². The first-order valence-electron chi connectivity index (χ1n) is 8.57. The van der Waals surface area contributed by atoms with Gasteiger partial charge in [0.25, 0.3) is 0 Å². The molecule has 1 heterocycles. The number of thiazole rings is 1. The van der Waals surface area contributed by atoms with Crippen LogP contribution in [0.15, 0.2) is 4.99 Å². The van der Waals surface area contributed by atoms with E-state index in [2.05, 4.69) is 34.5 Å². The van der Waals surface area contributed by atoms with Crippen molar-refractivity contribution in [2.45, 2.75) is 65.0 Å². The molecule has 0 spiro atoms. The molecule has 2 N–H and O–H groups in total. The molecule has 0 amide bonds. The van der Waals surface area contributed by atoms with Crippen molar-refractivity contribution < 1.29 is 0 Å². The summed E-state index contributed by atoms with van der Waals surface area (Å²) in [6.45, 7) is 4.96. The van der Waals surface area contributed by atoms with Gasteiger partial charge in [-0.2, -0.15) is 0 Å². The van der Waals surface area contributed by atoms with E-state index in [1.165, 1.54) is 43.4 Å².